The molecule has 2 saturated heterocycles. The molecule has 370 valence electrons. The van der Waals surface area contributed by atoms with Crippen LogP contribution in [0.15, 0.2) is 136 Å². The van der Waals surface area contributed by atoms with Crippen LogP contribution < -0.4 is 19.8 Å². The number of aromatic nitrogens is 1. The molecular weight excluding hydrogens is 964 g/mol. The number of nitrogens with one attached hydrogen (secondary N) is 2. The quantitative estimate of drug-likeness (QED) is 0.0604. The van der Waals surface area contributed by atoms with E-state index in [0.717, 1.165) is 78.2 Å². The van der Waals surface area contributed by atoms with Crippen LogP contribution in [-0.4, -0.2) is 112 Å². The third kappa shape index (κ3) is 12.0. The summed E-state index contributed by atoms with van der Waals surface area (Å²) in [6, 6.07) is 36.8. The number of likely N-dealkylation sites (tertiary alicyclic amines) is 1. The standard InChI is InChI=1S/C53H61ClN6O7S3/c1-36(2)60-37(3)50(53(62)63)51(52(60)38-13-15-40(54)16-14-38)39-9-8-10-44(33-39)59-31-29-58(30-32-59)43-19-17-41(18-20-43)56-70(66,67)47-21-22-48(49(34-47)69(4,64)65)55-42(35-68-46-11-6-5-7-12-46)23-26-57-27-24-45(61)25-28-57/h5-22,33-34,36,42,45,55-56,61H,23-32,35H2,1-4H3,(H,62,63). The number of thioether (sulfide) groups is 1. The number of aliphatic hydroxyl groups is 1. The second kappa shape index (κ2) is 21.9. The number of piperazine rings is 1. The molecular formula is C53H61ClN6O7S3. The van der Waals surface area contributed by atoms with E-state index in [-0.39, 0.29) is 33.5 Å². The summed E-state index contributed by atoms with van der Waals surface area (Å²) in [5, 5.41) is 24.6. The van der Waals surface area contributed by atoms with Crippen molar-refractivity contribution in [3.63, 3.8) is 0 Å². The number of halogens is 1. The van der Waals surface area contributed by atoms with Crippen molar-refractivity contribution < 1.29 is 31.8 Å². The van der Waals surface area contributed by atoms with Crippen molar-refractivity contribution in [3.05, 3.63) is 138 Å². The van der Waals surface area contributed by atoms with Crippen molar-refractivity contribution in [3.8, 4) is 22.4 Å². The minimum absolute atomic E-state index is 0.00524. The van der Waals surface area contributed by atoms with Crippen molar-refractivity contribution in [1.82, 2.24) is 9.47 Å². The van der Waals surface area contributed by atoms with E-state index in [1.807, 2.05) is 91.9 Å². The number of hydrogen-bond acceptors (Lipinski definition) is 11. The van der Waals surface area contributed by atoms with Crippen LogP contribution in [0.5, 0.6) is 0 Å². The Balaban J connectivity index is 0.940. The minimum Gasteiger partial charge on any atom is -0.478 e. The SMILES string of the molecule is Cc1c(C(=O)O)c(-c2cccc(N3CCN(c4ccc(NS(=O)(=O)c5ccc(NC(CCN6CCC(O)CC6)CSc6ccccc6)c(S(C)(=O)=O)c5)cc4)CC3)c2)c(-c2ccc(Cl)cc2)n1C(C)C. The number of hydrogen-bond donors (Lipinski definition) is 4. The first kappa shape index (κ1) is 50.9. The molecule has 3 heterocycles. The molecule has 1 aromatic heterocycles. The zero-order chi connectivity index (χ0) is 49.7. The lowest BCUT2D eigenvalue weighted by molar-refractivity contribution is 0.0696. The largest absolute Gasteiger partial charge is 0.478 e. The third-order valence-electron chi connectivity index (χ3n) is 13.1. The maximum atomic E-state index is 13.8. The summed E-state index contributed by atoms with van der Waals surface area (Å²) in [6.07, 6.45) is 2.98. The molecule has 70 heavy (non-hydrogen) atoms. The highest BCUT2D eigenvalue weighted by Gasteiger charge is 2.29. The average Bonchev–Trinajstić information content (AvgIpc) is 3.66. The molecule has 0 amide bonds. The number of rotatable bonds is 18. The zero-order valence-electron chi connectivity index (χ0n) is 39.9. The second-order valence-electron chi connectivity index (χ2n) is 18.4. The Morgan fingerprint density at radius 3 is 2.07 bits per heavy atom. The van der Waals surface area contributed by atoms with Gasteiger partial charge in [-0.05, 0) is 130 Å². The van der Waals surface area contributed by atoms with Crippen molar-refractivity contribution in [2.75, 3.05) is 77.7 Å². The van der Waals surface area contributed by atoms with Crippen LogP contribution in [0.4, 0.5) is 22.7 Å². The Labute approximate surface area is 421 Å². The van der Waals surface area contributed by atoms with Crippen LogP contribution in [0.1, 0.15) is 55.2 Å². The molecule has 0 spiro atoms. The molecule has 2 aliphatic rings. The van der Waals surface area contributed by atoms with E-state index in [1.54, 1.807) is 23.9 Å². The van der Waals surface area contributed by atoms with E-state index >= 15 is 0 Å². The number of benzene rings is 5. The summed E-state index contributed by atoms with van der Waals surface area (Å²) < 4.78 is 59.0. The molecule has 17 heteroatoms. The number of carbonyl (C=O) groups is 1. The number of carboxylic acids is 1. The maximum Gasteiger partial charge on any atom is 0.338 e. The summed E-state index contributed by atoms with van der Waals surface area (Å²) in [7, 11) is -8.04. The van der Waals surface area contributed by atoms with E-state index < -0.39 is 25.8 Å². The molecule has 0 aliphatic carbocycles. The molecule has 0 saturated carbocycles. The van der Waals surface area contributed by atoms with Crippen molar-refractivity contribution in [1.29, 1.82) is 0 Å². The molecule has 6 aromatic rings. The van der Waals surface area contributed by atoms with Gasteiger partial charge in [-0.1, -0.05) is 54.1 Å². The lowest BCUT2D eigenvalue weighted by Gasteiger charge is -2.37. The highest BCUT2D eigenvalue weighted by Crippen LogP contribution is 2.42. The topological polar surface area (TPSA) is 165 Å². The van der Waals surface area contributed by atoms with Gasteiger partial charge in [0.05, 0.1) is 32.8 Å². The molecule has 2 aliphatic heterocycles. The monoisotopic (exact) mass is 1020 g/mol. The number of piperidine rings is 1. The number of carboxylic acid groups (broad SMARTS) is 1. The molecule has 2 fully saturated rings. The summed E-state index contributed by atoms with van der Waals surface area (Å²) in [5.41, 5.74) is 6.74. The molecule has 8 rings (SSSR count). The first-order valence-electron chi connectivity index (χ1n) is 23.6. The van der Waals surface area contributed by atoms with E-state index in [9.17, 15) is 31.8 Å². The first-order chi connectivity index (χ1) is 33.4. The van der Waals surface area contributed by atoms with E-state index in [0.29, 0.717) is 59.6 Å². The normalized spacial score (nSPS) is 15.6. The second-order valence-corrected chi connectivity index (χ2v) is 23.6. The molecule has 0 radical (unpaired) electrons. The Morgan fingerprint density at radius 1 is 0.786 bits per heavy atom. The van der Waals surface area contributed by atoms with Gasteiger partial charge < -0.3 is 34.8 Å². The van der Waals surface area contributed by atoms with Crippen molar-refractivity contribution in [2.24, 2.45) is 0 Å². The molecule has 0 bridgehead atoms. The van der Waals surface area contributed by atoms with Crippen molar-refractivity contribution >= 4 is 71.9 Å². The number of aromatic carboxylic acids is 1. The number of nitrogens with zero attached hydrogens (tertiary/aromatic N) is 4. The van der Waals surface area contributed by atoms with Crippen LogP contribution in [-0.2, 0) is 19.9 Å². The smallest absolute Gasteiger partial charge is 0.338 e. The number of aliphatic hydroxyl groups excluding tert-OH is 1. The lowest BCUT2D eigenvalue weighted by Crippen LogP contribution is -2.46. The highest BCUT2D eigenvalue weighted by molar-refractivity contribution is 7.99. The van der Waals surface area contributed by atoms with E-state index in [2.05, 4.69) is 49.2 Å². The fraction of sp³-hybridized carbons (Fsp3) is 0.340. The Morgan fingerprint density at radius 2 is 1.44 bits per heavy atom. The molecule has 1 unspecified atom stereocenters. The average molecular weight is 1030 g/mol. The van der Waals surface area contributed by atoms with Gasteiger partial charge >= 0.3 is 5.97 Å². The van der Waals surface area contributed by atoms with Crippen molar-refractivity contribution in [2.45, 2.75) is 72.9 Å². The molecule has 4 N–H and O–H groups in total. The van der Waals surface area contributed by atoms with Gasteiger partial charge in [-0.2, -0.15) is 0 Å². The fourth-order valence-electron chi connectivity index (χ4n) is 9.53. The number of sulfone groups is 1. The number of sulfonamides is 1. The Kier molecular flexibility index (Phi) is 15.9. The summed E-state index contributed by atoms with van der Waals surface area (Å²) >= 11 is 7.94. The van der Waals surface area contributed by atoms with Gasteiger partial charge in [0.25, 0.3) is 10.0 Å². The van der Waals surface area contributed by atoms with Crippen LogP contribution >= 0.6 is 23.4 Å². The van der Waals surface area contributed by atoms with Crippen LogP contribution in [0.2, 0.25) is 5.02 Å². The molecule has 5 aromatic carbocycles. The number of anilines is 4. The van der Waals surface area contributed by atoms with Gasteiger partial charge in [0, 0.05) is 108 Å². The summed E-state index contributed by atoms with van der Waals surface area (Å²) in [5.74, 6) is -0.327. The Hall–Kier alpha value is -5.49. The first-order valence-corrected chi connectivity index (χ1v) is 28.3. The summed E-state index contributed by atoms with van der Waals surface area (Å²) in [4.78, 5) is 20.5. The predicted octanol–water partition coefficient (Wildman–Crippen LogP) is 10.0. The molecule has 13 nitrogen and oxygen atoms in total. The lowest BCUT2D eigenvalue weighted by atomic mass is 9.96. The van der Waals surface area contributed by atoms with Gasteiger partial charge in [-0.3, -0.25) is 4.72 Å². The minimum atomic E-state index is -4.18. The van der Waals surface area contributed by atoms with E-state index in [4.69, 9.17) is 11.6 Å². The zero-order valence-corrected chi connectivity index (χ0v) is 43.1. The third-order valence-corrected chi connectivity index (χ3v) is 17.1. The predicted molar refractivity (Wildman–Crippen MR) is 284 cm³/mol. The van der Waals surface area contributed by atoms with Crippen LogP contribution in [0, 0.1) is 6.92 Å². The van der Waals surface area contributed by atoms with Gasteiger partial charge in [-0.25, -0.2) is 21.6 Å². The van der Waals surface area contributed by atoms with E-state index in [1.165, 1.54) is 18.2 Å². The summed E-state index contributed by atoms with van der Waals surface area (Å²) in [6.45, 7) is 11.1. The molecule has 1 atom stereocenters. The fourth-order valence-corrected chi connectivity index (χ4v) is 12.7. The van der Waals surface area contributed by atoms with Crippen LogP contribution in [0.25, 0.3) is 22.4 Å². The van der Waals surface area contributed by atoms with Crippen LogP contribution in [0.3, 0.4) is 0 Å². The Bertz CT molecular complexity index is 3010. The van der Waals surface area contributed by atoms with Gasteiger partial charge in [0.15, 0.2) is 9.84 Å². The van der Waals surface area contributed by atoms with Gasteiger partial charge in [0.1, 0.15) is 0 Å². The maximum absolute atomic E-state index is 13.8. The van der Waals surface area contributed by atoms with Gasteiger partial charge in [-0.15, -0.1) is 11.8 Å². The van der Waals surface area contributed by atoms with Gasteiger partial charge in [0.2, 0.25) is 0 Å². The highest BCUT2D eigenvalue weighted by atomic mass is 35.5.